The van der Waals surface area contributed by atoms with E-state index >= 15 is 0 Å². The summed E-state index contributed by atoms with van der Waals surface area (Å²) in [5, 5.41) is 14.6. The highest BCUT2D eigenvalue weighted by molar-refractivity contribution is 8.00. The number of anilines is 1. The maximum absolute atomic E-state index is 14.1. The number of nitrogens with zero attached hydrogens (tertiary/aromatic N) is 3. The highest BCUT2D eigenvalue weighted by Crippen LogP contribution is 2.35. The number of piperidine rings is 1. The summed E-state index contributed by atoms with van der Waals surface area (Å²) in [5.41, 5.74) is 0.602. The van der Waals surface area contributed by atoms with E-state index in [0.29, 0.717) is 36.8 Å². The Morgan fingerprint density at radius 1 is 1.21 bits per heavy atom. The molecule has 0 radical (unpaired) electrons. The Hall–Kier alpha value is -2.88. The number of nitrogens with one attached hydrogen (secondary N) is 1. The standard InChI is InChI=1S/C25H25FN4O2S2/c1-17(30-13-9-20-21(26)3-2-4-22(20)30)23(31)29-14-10-25(32,11-15-29)18-5-7-19(8-6-18)34-28-24-27-12-16-33-24/h2-9,12-13,16-17,32H,10-11,14-15H2,1H3,(H,27,28)/t17-/m1/s1. The number of amides is 1. The summed E-state index contributed by atoms with van der Waals surface area (Å²) in [5.74, 6) is -0.314. The fraction of sp³-hybridized carbons (Fsp3) is 0.280. The number of carbonyl (C=O) groups is 1. The summed E-state index contributed by atoms with van der Waals surface area (Å²) in [6.07, 6.45) is 4.46. The van der Waals surface area contributed by atoms with Gasteiger partial charge in [0.2, 0.25) is 5.91 Å². The van der Waals surface area contributed by atoms with E-state index < -0.39 is 11.6 Å². The highest BCUT2D eigenvalue weighted by atomic mass is 32.2. The van der Waals surface area contributed by atoms with Crippen LogP contribution in [0.5, 0.6) is 0 Å². The van der Waals surface area contributed by atoms with E-state index in [0.717, 1.165) is 15.6 Å². The Kier molecular flexibility index (Phi) is 6.33. The summed E-state index contributed by atoms with van der Waals surface area (Å²) >= 11 is 3.02. The molecule has 2 N–H and O–H groups in total. The van der Waals surface area contributed by atoms with E-state index in [1.54, 1.807) is 29.4 Å². The van der Waals surface area contributed by atoms with Crippen LogP contribution in [0, 0.1) is 5.82 Å². The van der Waals surface area contributed by atoms with Gasteiger partial charge in [-0.25, -0.2) is 9.37 Å². The van der Waals surface area contributed by atoms with Crippen molar-refractivity contribution >= 4 is 45.2 Å². The van der Waals surface area contributed by atoms with Crippen molar-refractivity contribution in [2.24, 2.45) is 0 Å². The van der Waals surface area contributed by atoms with Gasteiger partial charge in [0.25, 0.3) is 0 Å². The molecular weight excluding hydrogens is 471 g/mol. The number of fused-ring (bicyclic) bond motifs is 1. The summed E-state index contributed by atoms with van der Waals surface area (Å²) in [4.78, 5) is 20.2. The first-order chi connectivity index (χ1) is 16.4. The molecule has 1 fully saturated rings. The Bertz CT molecular complexity index is 1280. The SMILES string of the molecule is C[C@H](C(=O)N1CCC(O)(c2ccc(SNc3nccs3)cc2)CC1)n1ccc2c(F)cccc21. The molecular formula is C25H25FN4O2S2. The number of hydrogen-bond donors (Lipinski definition) is 2. The molecule has 2 aromatic heterocycles. The molecule has 0 saturated carbocycles. The largest absolute Gasteiger partial charge is 0.385 e. The molecule has 9 heteroatoms. The number of halogens is 1. The van der Waals surface area contributed by atoms with Crippen molar-refractivity contribution in [1.82, 2.24) is 14.5 Å². The van der Waals surface area contributed by atoms with Crippen molar-refractivity contribution in [1.29, 1.82) is 0 Å². The van der Waals surface area contributed by atoms with E-state index in [1.807, 2.05) is 47.2 Å². The molecule has 0 bridgehead atoms. The third-order valence-corrected chi connectivity index (χ3v) is 8.09. The lowest BCUT2D eigenvalue weighted by Gasteiger charge is -2.39. The molecule has 176 valence electrons. The van der Waals surface area contributed by atoms with E-state index in [1.165, 1.54) is 29.4 Å². The van der Waals surface area contributed by atoms with Crippen LogP contribution < -0.4 is 4.72 Å². The summed E-state index contributed by atoms with van der Waals surface area (Å²) in [6.45, 7) is 2.77. The van der Waals surface area contributed by atoms with Crippen LogP contribution in [-0.2, 0) is 10.4 Å². The van der Waals surface area contributed by atoms with E-state index in [4.69, 9.17) is 0 Å². The molecule has 0 aliphatic carbocycles. The number of thiazole rings is 1. The van der Waals surface area contributed by atoms with Crippen LogP contribution >= 0.6 is 23.3 Å². The third kappa shape index (κ3) is 4.43. The molecule has 34 heavy (non-hydrogen) atoms. The average Bonchev–Trinajstić information content (AvgIpc) is 3.53. The van der Waals surface area contributed by atoms with Gasteiger partial charge in [-0.2, -0.15) is 0 Å². The number of aromatic nitrogens is 2. The Labute approximate surface area is 205 Å². The summed E-state index contributed by atoms with van der Waals surface area (Å²) in [7, 11) is 0. The van der Waals surface area contributed by atoms with Gasteiger partial charge < -0.3 is 19.3 Å². The first-order valence-corrected chi connectivity index (χ1v) is 12.8. The number of carbonyl (C=O) groups excluding carboxylic acids is 1. The lowest BCUT2D eigenvalue weighted by atomic mass is 9.84. The lowest BCUT2D eigenvalue weighted by molar-refractivity contribution is -0.138. The summed E-state index contributed by atoms with van der Waals surface area (Å²) < 4.78 is 19.1. The van der Waals surface area contributed by atoms with Gasteiger partial charge in [-0.1, -0.05) is 18.2 Å². The summed E-state index contributed by atoms with van der Waals surface area (Å²) in [6, 6.07) is 14.0. The Balaban J connectivity index is 1.22. The second-order valence-corrected chi connectivity index (χ2v) is 10.3. The predicted octanol–water partition coefficient (Wildman–Crippen LogP) is 5.43. The zero-order chi connectivity index (χ0) is 23.7. The zero-order valence-corrected chi connectivity index (χ0v) is 20.3. The minimum absolute atomic E-state index is 0.0242. The van der Waals surface area contributed by atoms with Crippen molar-refractivity contribution in [2.45, 2.75) is 36.3 Å². The molecule has 1 saturated heterocycles. The maximum Gasteiger partial charge on any atom is 0.245 e. The minimum Gasteiger partial charge on any atom is -0.385 e. The van der Waals surface area contributed by atoms with Gasteiger partial charge in [0.15, 0.2) is 5.13 Å². The molecule has 2 aromatic carbocycles. The zero-order valence-electron chi connectivity index (χ0n) is 18.6. The van der Waals surface area contributed by atoms with E-state index in [9.17, 15) is 14.3 Å². The number of hydrogen-bond acceptors (Lipinski definition) is 6. The fourth-order valence-corrected chi connectivity index (χ4v) is 5.69. The molecule has 3 heterocycles. The fourth-order valence-electron chi connectivity index (χ4n) is 4.47. The monoisotopic (exact) mass is 496 g/mol. The number of rotatable bonds is 6. The lowest BCUT2D eigenvalue weighted by Crippen LogP contribution is -2.47. The molecule has 0 spiro atoms. The first-order valence-electron chi connectivity index (χ1n) is 11.1. The first kappa shape index (κ1) is 22.9. The van der Waals surface area contributed by atoms with E-state index in [-0.39, 0.29) is 11.7 Å². The molecule has 4 aromatic rings. The molecule has 1 atom stereocenters. The van der Waals surface area contributed by atoms with Gasteiger partial charge in [0, 0.05) is 41.1 Å². The molecule has 5 rings (SSSR count). The maximum atomic E-state index is 14.1. The molecule has 0 unspecified atom stereocenters. The van der Waals surface area contributed by atoms with Gasteiger partial charge in [-0.3, -0.25) is 4.79 Å². The van der Waals surface area contributed by atoms with Gasteiger partial charge >= 0.3 is 0 Å². The molecule has 1 aliphatic rings. The van der Waals surface area contributed by atoms with Crippen molar-refractivity contribution in [2.75, 3.05) is 17.8 Å². The van der Waals surface area contributed by atoms with Crippen molar-refractivity contribution in [3.8, 4) is 0 Å². The Morgan fingerprint density at radius 2 is 1.97 bits per heavy atom. The van der Waals surface area contributed by atoms with Crippen molar-refractivity contribution < 1.29 is 14.3 Å². The quantitative estimate of drug-likeness (QED) is 0.349. The van der Waals surface area contributed by atoms with Crippen LogP contribution in [0.4, 0.5) is 9.52 Å². The van der Waals surface area contributed by atoms with Crippen LogP contribution in [0.2, 0.25) is 0 Å². The second kappa shape index (κ2) is 9.40. The van der Waals surface area contributed by atoms with E-state index in [2.05, 4.69) is 9.71 Å². The number of benzene rings is 2. The van der Waals surface area contributed by atoms with Gasteiger partial charge in [0.05, 0.1) is 11.1 Å². The van der Waals surface area contributed by atoms with Gasteiger partial charge in [0.1, 0.15) is 11.9 Å². The number of likely N-dealkylation sites (tertiary alicyclic amines) is 1. The smallest absolute Gasteiger partial charge is 0.245 e. The van der Waals surface area contributed by atoms with Crippen LogP contribution in [0.25, 0.3) is 10.9 Å². The topological polar surface area (TPSA) is 70.4 Å². The minimum atomic E-state index is -0.963. The third-order valence-electron chi connectivity index (χ3n) is 6.47. The highest BCUT2D eigenvalue weighted by Gasteiger charge is 2.36. The second-order valence-electron chi connectivity index (χ2n) is 8.49. The van der Waals surface area contributed by atoms with Crippen molar-refractivity contribution in [3.63, 3.8) is 0 Å². The number of aliphatic hydroxyl groups is 1. The van der Waals surface area contributed by atoms with Gasteiger partial charge in [-0.05, 0) is 67.6 Å². The molecule has 1 amide bonds. The van der Waals surface area contributed by atoms with Gasteiger partial charge in [-0.15, -0.1) is 11.3 Å². The molecule has 6 nitrogen and oxygen atoms in total. The average molecular weight is 497 g/mol. The predicted molar refractivity (Wildman–Crippen MR) is 134 cm³/mol. The van der Waals surface area contributed by atoms with Crippen LogP contribution in [0.15, 0.2) is 71.2 Å². The van der Waals surface area contributed by atoms with Crippen LogP contribution in [0.1, 0.15) is 31.4 Å². The molecule has 1 aliphatic heterocycles. The normalized spacial score (nSPS) is 16.5. The van der Waals surface area contributed by atoms with Crippen LogP contribution in [0.3, 0.4) is 0 Å². The van der Waals surface area contributed by atoms with Crippen LogP contribution in [-0.4, -0.2) is 38.6 Å². The van der Waals surface area contributed by atoms with Crippen molar-refractivity contribution in [3.05, 3.63) is 77.7 Å². The Morgan fingerprint density at radius 3 is 2.68 bits per heavy atom.